The first-order valence-electron chi connectivity index (χ1n) is 10.9. The van der Waals surface area contributed by atoms with E-state index < -0.39 is 85.3 Å². The minimum atomic E-state index is -4.87. The fourth-order valence-electron chi connectivity index (χ4n) is 3.24. The summed E-state index contributed by atoms with van der Waals surface area (Å²) in [6, 6.07) is 7.47. The number of halogens is 12. The first-order valence-corrected chi connectivity index (χ1v) is 12.1. The number of aromatic nitrogens is 2. The Morgan fingerprint density at radius 1 is 0.452 bits per heavy atom. The minimum Gasteiger partial charge on any atom is -0.439 e. The summed E-state index contributed by atoms with van der Waals surface area (Å²) in [5.41, 5.74) is -3.79. The molecule has 4 rings (SSSR count). The molecule has 0 saturated carbocycles. The van der Waals surface area contributed by atoms with E-state index in [0.29, 0.717) is 18.2 Å². The fourth-order valence-corrected chi connectivity index (χ4v) is 3.91. The average molecular weight is 664 g/mol. The molecule has 0 bridgehead atoms. The van der Waals surface area contributed by atoms with Gasteiger partial charge < -0.3 is 14.2 Å². The second-order valence-corrected chi connectivity index (χ2v) is 9.27. The quantitative estimate of drug-likeness (QED) is 0.192. The second-order valence-electron chi connectivity index (χ2n) is 8.05. The maximum absolute atomic E-state index is 13.3. The van der Waals surface area contributed by atoms with Crippen LogP contribution in [0.2, 0.25) is 15.1 Å². The van der Waals surface area contributed by atoms with Gasteiger partial charge in [0.25, 0.3) is 0 Å². The number of alkyl halides is 9. The number of nitrogens with zero attached hydrogens (tertiary/aromatic N) is 2. The molecule has 0 aliphatic heterocycles. The third-order valence-corrected chi connectivity index (χ3v) is 6.03. The van der Waals surface area contributed by atoms with Crippen LogP contribution in [0.1, 0.15) is 16.7 Å². The summed E-state index contributed by atoms with van der Waals surface area (Å²) in [6.07, 6.45) is -14.6. The van der Waals surface area contributed by atoms with Crippen molar-refractivity contribution in [3.8, 4) is 35.0 Å². The van der Waals surface area contributed by atoms with Crippen LogP contribution >= 0.6 is 34.8 Å². The molecule has 0 atom stereocenters. The van der Waals surface area contributed by atoms with Crippen LogP contribution in [-0.2, 0) is 18.5 Å². The topological polar surface area (TPSA) is 53.5 Å². The molecule has 0 unspecified atom stereocenters. The van der Waals surface area contributed by atoms with Crippen molar-refractivity contribution in [3.63, 3.8) is 0 Å². The maximum Gasteiger partial charge on any atom is 0.417 e. The van der Waals surface area contributed by atoms with E-state index in [2.05, 4.69) is 9.97 Å². The van der Waals surface area contributed by atoms with Crippen molar-refractivity contribution >= 4 is 34.8 Å². The van der Waals surface area contributed by atoms with E-state index in [-0.39, 0.29) is 0 Å². The number of hydrogen-bond acceptors (Lipinski definition) is 5. The van der Waals surface area contributed by atoms with E-state index in [0.717, 1.165) is 42.5 Å². The molecule has 0 fully saturated rings. The Bertz CT molecular complexity index is 1430. The van der Waals surface area contributed by atoms with Gasteiger partial charge in [0, 0.05) is 0 Å². The molecule has 0 aliphatic carbocycles. The molecule has 17 heteroatoms. The van der Waals surface area contributed by atoms with Crippen LogP contribution in [0, 0.1) is 0 Å². The third-order valence-electron chi connectivity index (χ3n) is 5.04. The summed E-state index contributed by atoms with van der Waals surface area (Å²) in [7, 11) is 0. The molecular formula is C25H10Cl3F9N2O3. The van der Waals surface area contributed by atoms with E-state index >= 15 is 0 Å². The van der Waals surface area contributed by atoms with Crippen molar-refractivity contribution in [2.45, 2.75) is 18.5 Å². The highest BCUT2D eigenvalue weighted by atomic mass is 35.5. The number of ether oxygens (including phenoxy) is 3. The van der Waals surface area contributed by atoms with Crippen LogP contribution in [0.25, 0.3) is 0 Å². The summed E-state index contributed by atoms with van der Waals surface area (Å²) in [5.74, 6) is -2.51. The maximum atomic E-state index is 13.3. The molecule has 1 heterocycles. The monoisotopic (exact) mass is 662 g/mol. The van der Waals surface area contributed by atoms with E-state index in [1.807, 2.05) is 0 Å². The van der Waals surface area contributed by atoms with Crippen LogP contribution in [0.3, 0.4) is 0 Å². The van der Waals surface area contributed by atoms with Gasteiger partial charge in [-0.3, -0.25) is 0 Å². The predicted octanol–water partition coefficient (Wildman–Crippen LogP) is 10.9. The summed E-state index contributed by atoms with van der Waals surface area (Å²) in [5, 5.41) is -1.93. The number of hydrogen-bond donors (Lipinski definition) is 0. The third kappa shape index (κ3) is 7.61. The molecule has 0 radical (unpaired) electrons. The highest BCUT2D eigenvalue weighted by Crippen LogP contribution is 2.41. The molecule has 3 aromatic carbocycles. The van der Waals surface area contributed by atoms with Crippen molar-refractivity contribution in [2.24, 2.45) is 0 Å². The highest BCUT2D eigenvalue weighted by Gasteiger charge is 2.35. The first kappa shape index (κ1) is 31.3. The van der Waals surface area contributed by atoms with Crippen molar-refractivity contribution in [3.05, 3.63) is 92.4 Å². The van der Waals surface area contributed by atoms with E-state index in [4.69, 9.17) is 49.0 Å². The zero-order valence-electron chi connectivity index (χ0n) is 19.9. The lowest BCUT2D eigenvalue weighted by Crippen LogP contribution is -2.07. The Kier molecular flexibility index (Phi) is 8.63. The van der Waals surface area contributed by atoms with Crippen LogP contribution in [0.4, 0.5) is 39.5 Å². The molecule has 5 nitrogen and oxygen atoms in total. The van der Waals surface area contributed by atoms with Crippen molar-refractivity contribution in [2.75, 3.05) is 0 Å². The molecule has 4 aromatic rings. The predicted molar refractivity (Wildman–Crippen MR) is 132 cm³/mol. The summed E-state index contributed by atoms with van der Waals surface area (Å²) in [4.78, 5) is 7.60. The first-order chi connectivity index (χ1) is 19.4. The standard InChI is InChI=1S/C25H10Cl3F9N2O3/c26-17-4-1-11(7-14(17)23(29,30)31)40-20-10-21(41-12-2-5-18(27)15(8-12)24(32,33)34)39-22(38-20)42-13-3-6-19(28)16(9-13)25(35,36)37/h1-10H. The second kappa shape index (κ2) is 11.6. The Hall–Kier alpha value is -3.62. The molecule has 42 heavy (non-hydrogen) atoms. The van der Waals surface area contributed by atoms with Crippen molar-refractivity contribution in [1.29, 1.82) is 0 Å². The smallest absolute Gasteiger partial charge is 0.417 e. The van der Waals surface area contributed by atoms with Crippen LogP contribution in [-0.4, -0.2) is 9.97 Å². The Labute approximate surface area is 244 Å². The van der Waals surface area contributed by atoms with Crippen LogP contribution in [0.15, 0.2) is 60.7 Å². The lowest BCUT2D eigenvalue weighted by atomic mass is 10.2. The Morgan fingerprint density at radius 2 is 0.762 bits per heavy atom. The van der Waals surface area contributed by atoms with Gasteiger partial charge in [-0.05, 0) is 54.6 Å². The molecule has 0 spiro atoms. The lowest BCUT2D eigenvalue weighted by Gasteiger charge is -2.14. The molecule has 0 N–H and O–H groups in total. The van der Waals surface area contributed by atoms with Crippen molar-refractivity contribution in [1.82, 2.24) is 9.97 Å². The van der Waals surface area contributed by atoms with Gasteiger partial charge in [0.2, 0.25) is 11.8 Å². The van der Waals surface area contributed by atoms with E-state index in [1.54, 1.807) is 0 Å². The summed E-state index contributed by atoms with van der Waals surface area (Å²) in [6.45, 7) is 0. The highest BCUT2D eigenvalue weighted by molar-refractivity contribution is 6.32. The Balaban J connectivity index is 1.75. The van der Waals surface area contributed by atoms with E-state index in [1.165, 1.54) is 0 Å². The number of benzene rings is 3. The van der Waals surface area contributed by atoms with Gasteiger partial charge in [0.1, 0.15) is 17.2 Å². The van der Waals surface area contributed by atoms with Gasteiger partial charge in [-0.2, -0.15) is 49.5 Å². The zero-order chi connectivity index (χ0) is 31.0. The summed E-state index contributed by atoms with van der Waals surface area (Å²) < 4.78 is 136. The largest absolute Gasteiger partial charge is 0.439 e. The molecule has 1 aromatic heterocycles. The van der Waals surface area contributed by atoms with Gasteiger partial charge >= 0.3 is 24.5 Å². The molecule has 0 saturated heterocycles. The Morgan fingerprint density at radius 3 is 1.07 bits per heavy atom. The normalized spacial score (nSPS) is 12.3. The molecular weight excluding hydrogens is 654 g/mol. The molecule has 0 amide bonds. The van der Waals surface area contributed by atoms with Gasteiger partial charge in [0.15, 0.2) is 0 Å². The summed E-state index contributed by atoms with van der Waals surface area (Å²) >= 11 is 16.8. The van der Waals surface area contributed by atoms with Gasteiger partial charge in [-0.25, -0.2) is 0 Å². The SMILES string of the molecule is FC(F)(F)c1cc(Oc2cc(Oc3ccc(Cl)c(C(F)(F)F)c3)nc(Oc3ccc(Cl)c(C(F)(F)F)c3)n2)ccc1Cl. The average Bonchev–Trinajstić information content (AvgIpc) is 2.85. The lowest BCUT2D eigenvalue weighted by molar-refractivity contribution is -0.138. The van der Waals surface area contributed by atoms with Crippen molar-refractivity contribution < 1.29 is 53.7 Å². The van der Waals surface area contributed by atoms with E-state index in [9.17, 15) is 39.5 Å². The van der Waals surface area contributed by atoms with Crippen LogP contribution in [0.5, 0.6) is 35.0 Å². The fraction of sp³-hybridized carbons (Fsp3) is 0.120. The number of rotatable bonds is 6. The van der Waals surface area contributed by atoms with Gasteiger partial charge in [0.05, 0.1) is 37.8 Å². The molecule has 222 valence electrons. The van der Waals surface area contributed by atoms with Crippen LogP contribution < -0.4 is 14.2 Å². The molecule has 0 aliphatic rings. The zero-order valence-corrected chi connectivity index (χ0v) is 22.2. The minimum absolute atomic E-state index is 0.445. The van der Waals surface area contributed by atoms with Gasteiger partial charge in [-0.15, -0.1) is 0 Å². The van der Waals surface area contributed by atoms with Gasteiger partial charge in [-0.1, -0.05) is 34.8 Å².